The van der Waals surface area contributed by atoms with Crippen LogP contribution in [0.3, 0.4) is 0 Å². The van der Waals surface area contributed by atoms with Gasteiger partial charge in [-0.05, 0) is 25.3 Å². The van der Waals surface area contributed by atoms with Crippen molar-refractivity contribution in [3.8, 4) is 0 Å². The Kier molecular flexibility index (Phi) is 7.15. The maximum atomic E-state index is 12.0. The Hall–Kier alpha value is -1.62. The van der Waals surface area contributed by atoms with Crippen LogP contribution in [0, 0.1) is 0 Å². The number of sulfone groups is 1. The third-order valence-electron chi connectivity index (χ3n) is 3.02. The summed E-state index contributed by atoms with van der Waals surface area (Å²) in [7, 11) is -3.13. The first-order valence-corrected chi connectivity index (χ1v) is 8.96. The van der Waals surface area contributed by atoms with Crippen LogP contribution in [0.4, 0.5) is 0 Å². The Morgan fingerprint density at radius 2 is 1.90 bits per heavy atom. The van der Waals surface area contributed by atoms with Gasteiger partial charge in [0.15, 0.2) is 9.84 Å². The van der Waals surface area contributed by atoms with E-state index in [1.54, 1.807) is 19.1 Å². The fourth-order valence-electron chi connectivity index (χ4n) is 1.93. The number of hydrogen-bond donors (Lipinski definition) is 1. The van der Waals surface area contributed by atoms with Crippen molar-refractivity contribution >= 4 is 15.7 Å². The lowest BCUT2D eigenvalue weighted by molar-refractivity contribution is -0.117. The van der Waals surface area contributed by atoms with Crippen molar-refractivity contribution in [1.82, 2.24) is 5.32 Å². The third kappa shape index (κ3) is 7.09. The summed E-state index contributed by atoms with van der Waals surface area (Å²) in [6.07, 6.45) is 3.09. The molecule has 4 nitrogen and oxygen atoms in total. The highest BCUT2D eigenvalue weighted by molar-refractivity contribution is 7.90. The Labute approximate surface area is 127 Å². The minimum absolute atomic E-state index is 0.0521. The molecular formula is C16H23NO3S. The highest BCUT2D eigenvalue weighted by Crippen LogP contribution is 2.07. The summed E-state index contributed by atoms with van der Waals surface area (Å²) < 4.78 is 23.9. The molecule has 1 aromatic carbocycles. The summed E-state index contributed by atoms with van der Waals surface area (Å²) >= 11 is 0. The largest absolute Gasteiger partial charge is 0.352 e. The smallest absolute Gasteiger partial charge is 0.246 e. The normalized spacial score (nSPS) is 12.2. The van der Waals surface area contributed by atoms with Gasteiger partial charge in [0.05, 0.1) is 11.5 Å². The van der Waals surface area contributed by atoms with Crippen molar-refractivity contribution in [2.75, 3.05) is 12.3 Å². The van der Waals surface area contributed by atoms with Crippen LogP contribution in [-0.2, 0) is 20.4 Å². The van der Waals surface area contributed by atoms with Crippen molar-refractivity contribution in [2.45, 2.75) is 32.4 Å². The van der Waals surface area contributed by atoms with E-state index >= 15 is 0 Å². The molecule has 0 aliphatic rings. The monoisotopic (exact) mass is 309 g/mol. The first-order chi connectivity index (χ1) is 9.94. The van der Waals surface area contributed by atoms with Gasteiger partial charge in [-0.25, -0.2) is 8.42 Å². The average Bonchev–Trinajstić information content (AvgIpc) is 2.44. The Morgan fingerprint density at radius 1 is 1.24 bits per heavy atom. The molecule has 0 heterocycles. The van der Waals surface area contributed by atoms with Crippen molar-refractivity contribution < 1.29 is 13.2 Å². The fraction of sp³-hybridized carbons (Fsp3) is 0.438. The molecule has 0 spiro atoms. The van der Waals surface area contributed by atoms with E-state index in [4.69, 9.17) is 0 Å². The molecule has 1 N–H and O–H groups in total. The highest BCUT2D eigenvalue weighted by atomic mass is 32.2. The third-order valence-corrected chi connectivity index (χ3v) is 4.70. The van der Waals surface area contributed by atoms with Gasteiger partial charge in [-0.3, -0.25) is 4.79 Å². The van der Waals surface area contributed by atoms with Crippen LogP contribution in [0.5, 0.6) is 0 Å². The number of hydrogen-bond acceptors (Lipinski definition) is 3. The molecule has 0 saturated carbocycles. The molecule has 0 atom stereocenters. The summed E-state index contributed by atoms with van der Waals surface area (Å²) in [6.45, 7) is 4.10. The van der Waals surface area contributed by atoms with Crippen molar-refractivity contribution in [3.05, 3.63) is 47.5 Å². The van der Waals surface area contributed by atoms with Gasteiger partial charge in [-0.1, -0.05) is 43.3 Å². The number of rotatable bonds is 8. The first kappa shape index (κ1) is 17.4. The number of carbonyl (C=O) groups is 1. The molecule has 1 amide bonds. The summed E-state index contributed by atoms with van der Waals surface area (Å²) in [5.41, 5.74) is 1.47. The average molecular weight is 309 g/mol. The first-order valence-electron chi connectivity index (χ1n) is 7.14. The zero-order valence-electron chi connectivity index (χ0n) is 12.6. The second-order valence-electron chi connectivity index (χ2n) is 4.98. The van der Waals surface area contributed by atoms with E-state index in [0.29, 0.717) is 18.5 Å². The topological polar surface area (TPSA) is 63.2 Å². The van der Waals surface area contributed by atoms with Crippen LogP contribution >= 0.6 is 0 Å². The summed E-state index contributed by atoms with van der Waals surface area (Å²) in [5.74, 6) is 0.00670. The van der Waals surface area contributed by atoms with E-state index in [-0.39, 0.29) is 17.4 Å². The van der Waals surface area contributed by atoms with E-state index in [1.165, 1.54) is 0 Å². The quantitative estimate of drug-likeness (QED) is 0.592. The SMILES string of the molecule is CCC=C(C)C(=O)NCCCS(=O)(=O)Cc1ccccc1. The fourth-order valence-corrected chi connectivity index (χ4v) is 3.36. The molecule has 0 fully saturated rings. The molecular weight excluding hydrogens is 286 g/mol. The molecule has 0 unspecified atom stereocenters. The minimum Gasteiger partial charge on any atom is -0.352 e. The molecule has 5 heteroatoms. The van der Waals surface area contributed by atoms with Gasteiger partial charge in [0, 0.05) is 12.1 Å². The van der Waals surface area contributed by atoms with Gasteiger partial charge in [0.2, 0.25) is 5.91 Å². The number of benzene rings is 1. The second kappa shape index (κ2) is 8.62. The van der Waals surface area contributed by atoms with Crippen molar-refractivity contribution in [2.24, 2.45) is 0 Å². The van der Waals surface area contributed by atoms with Crippen LogP contribution in [0.1, 0.15) is 32.3 Å². The van der Waals surface area contributed by atoms with Gasteiger partial charge in [-0.15, -0.1) is 0 Å². The van der Waals surface area contributed by atoms with Crippen LogP contribution in [0.2, 0.25) is 0 Å². The van der Waals surface area contributed by atoms with Crippen LogP contribution in [-0.4, -0.2) is 26.6 Å². The maximum Gasteiger partial charge on any atom is 0.246 e. The van der Waals surface area contributed by atoms with Gasteiger partial charge in [0.25, 0.3) is 0 Å². The van der Waals surface area contributed by atoms with Crippen molar-refractivity contribution in [3.63, 3.8) is 0 Å². The lowest BCUT2D eigenvalue weighted by Crippen LogP contribution is -2.26. The van der Waals surface area contributed by atoms with E-state index in [9.17, 15) is 13.2 Å². The van der Waals surface area contributed by atoms with Crippen LogP contribution < -0.4 is 5.32 Å². The molecule has 0 bridgehead atoms. The summed E-state index contributed by atoms with van der Waals surface area (Å²) in [6, 6.07) is 9.12. The van der Waals surface area contributed by atoms with E-state index in [2.05, 4.69) is 5.32 Å². The predicted molar refractivity (Wildman–Crippen MR) is 85.6 cm³/mol. The predicted octanol–water partition coefficient (Wildman–Crippen LogP) is 2.46. The van der Waals surface area contributed by atoms with Gasteiger partial charge in [-0.2, -0.15) is 0 Å². The zero-order chi connectivity index (χ0) is 15.7. The molecule has 1 aromatic rings. The zero-order valence-corrected chi connectivity index (χ0v) is 13.4. The number of nitrogens with one attached hydrogen (secondary N) is 1. The van der Waals surface area contributed by atoms with E-state index in [0.717, 1.165) is 12.0 Å². The van der Waals surface area contributed by atoms with Gasteiger partial charge < -0.3 is 5.32 Å². The van der Waals surface area contributed by atoms with Crippen LogP contribution in [0.25, 0.3) is 0 Å². The molecule has 116 valence electrons. The molecule has 0 aliphatic heterocycles. The van der Waals surface area contributed by atoms with Crippen molar-refractivity contribution in [1.29, 1.82) is 0 Å². The molecule has 0 aromatic heterocycles. The molecule has 21 heavy (non-hydrogen) atoms. The second-order valence-corrected chi connectivity index (χ2v) is 7.17. The molecule has 1 rings (SSSR count). The molecule has 0 radical (unpaired) electrons. The van der Waals surface area contributed by atoms with Gasteiger partial charge in [0.1, 0.15) is 0 Å². The standard InChI is InChI=1S/C16H23NO3S/c1-3-8-14(2)16(18)17-11-7-12-21(19,20)13-15-9-5-4-6-10-15/h4-6,8-10H,3,7,11-13H2,1-2H3,(H,17,18). The summed E-state index contributed by atoms with van der Waals surface area (Å²) in [4.78, 5) is 11.6. The van der Waals surface area contributed by atoms with E-state index in [1.807, 2.05) is 31.2 Å². The molecule has 0 saturated heterocycles. The lowest BCUT2D eigenvalue weighted by Gasteiger charge is -2.07. The van der Waals surface area contributed by atoms with Crippen LogP contribution in [0.15, 0.2) is 42.0 Å². The molecule has 0 aliphatic carbocycles. The number of carbonyl (C=O) groups excluding carboxylic acids is 1. The highest BCUT2D eigenvalue weighted by Gasteiger charge is 2.12. The Bertz CT molecular complexity index is 577. The lowest BCUT2D eigenvalue weighted by atomic mass is 10.2. The summed E-state index contributed by atoms with van der Waals surface area (Å²) in [5, 5.41) is 2.73. The number of allylic oxidation sites excluding steroid dienone is 1. The van der Waals surface area contributed by atoms with Gasteiger partial charge >= 0.3 is 0 Å². The maximum absolute atomic E-state index is 12.0. The number of amides is 1. The van der Waals surface area contributed by atoms with E-state index < -0.39 is 9.84 Å². The minimum atomic E-state index is -3.13. The Morgan fingerprint density at radius 3 is 2.52 bits per heavy atom. The Balaban J connectivity index is 2.35.